The molecule has 3 rings (SSSR count). The summed E-state index contributed by atoms with van der Waals surface area (Å²) in [5.74, 6) is -0.573. The Balaban J connectivity index is 1.89. The fraction of sp³-hybridized carbons (Fsp3) is 0.200. The van der Waals surface area contributed by atoms with Gasteiger partial charge in [-0.2, -0.15) is 0 Å². The van der Waals surface area contributed by atoms with Crippen LogP contribution in [0.4, 0.5) is 14.5 Å². The van der Waals surface area contributed by atoms with Crippen LogP contribution in [0.2, 0.25) is 5.02 Å². The Labute approximate surface area is 115 Å². The number of hydrogen-bond acceptors (Lipinski definition) is 1. The molecule has 0 heterocycles. The van der Waals surface area contributed by atoms with E-state index in [4.69, 9.17) is 11.6 Å². The zero-order valence-corrected chi connectivity index (χ0v) is 10.8. The van der Waals surface area contributed by atoms with E-state index in [1.807, 2.05) is 6.07 Å². The molecule has 1 nitrogen and oxygen atoms in total. The number of nitrogens with one attached hydrogen (secondary N) is 1. The topological polar surface area (TPSA) is 12.0 Å². The molecule has 4 heteroatoms. The van der Waals surface area contributed by atoms with E-state index in [9.17, 15) is 8.78 Å². The largest absolute Gasteiger partial charge is 0.376 e. The molecule has 2 aromatic rings. The molecule has 19 heavy (non-hydrogen) atoms. The van der Waals surface area contributed by atoms with Gasteiger partial charge in [0.1, 0.15) is 11.6 Å². The highest BCUT2D eigenvalue weighted by atomic mass is 35.5. The van der Waals surface area contributed by atoms with Gasteiger partial charge < -0.3 is 5.32 Å². The number of benzene rings is 2. The highest BCUT2D eigenvalue weighted by molar-refractivity contribution is 6.30. The maximum atomic E-state index is 13.7. The normalized spacial score (nSPS) is 17.3. The zero-order valence-electron chi connectivity index (χ0n) is 10.1. The van der Waals surface area contributed by atoms with Crippen molar-refractivity contribution in [1.29, 1.82) is 0 Å². The van der Waals surface area contributed by atoms with Crippen molar-refractivity contribution in [2.75, 3.05) is 5.32 Å². The molecule has 0 aromatic heterocycles. The molecule has 1 aliphatic carbocycles. The number of rotatable bonds is 2. The van der Waals surface area contributed by atoms with Crippen molar-refractivity contribution < 1.29 is 8.78 Å². The van der Waals surface area contributed by atoms with Gasteiger partial charge in [0.05, 0.1) is 11.7 Å². The fourth-order valence-corrected chi connectivity index (χ4v) is 2.71. The van der Waals surface area contributed by atoms with Crippen LogP contribution in [-0.4, -0.2) is 0 Å². The van der Waals surface area contributed by atoms with Crippen molar-refractivity contribution in [2.45, 2.75) is 18.9 Å². The second-order valence-corrected chi connectivity index (χ2v) is 5.10. The summed E-state index contributed by atoms with van der Waals surface area (Å²) in [4.78, 5) is 0. The number of hydrogen-bond donors (Lipinski definition) is 1. The first-order chi connectivity index (χ1) is 9.15. The first kappa shape index (κ1) is 12.4. The Morgan fingerprint density at radius 1 is 1.11 bits per heavy atom. The summed E-state index contributed by atoms with van der Waals surface area (Å²) in [6, 6.07) is 9.49. The van der Waals surface area contributed by atoms with Crippen molar-refractivity contribution in [1.82, 2.24) is 0 Å². The predicted molar refractivity (Wildman–Crippen MR) is 72.5 cm³/mol. The minimum atomic E-state index is -0.391. The van der Waals surface area contributed by atoms with Crippen LogP contribution < -0.4 is 5.32 Å². The average molecular weight is 280 g/mol. The van der Waals surface area contributed by atoms with Crippen LogP contribution in [0.3, 0.4) is 0 Å². The maximum Gasteiger partial charge on any atom is 0.147 e. The minimum Gasteiger partial charge on any atom is -0.376 e. The molecule has 1 atom stereocenters. The second kappa shape index (κ2) is 4.82. The van der Waals surface area contributed by atoms with E-state index >= 15 is 0 Å². The van der Waals surface area contributed by atoms with Gasteiger partial charge in [0.2, 0.25) is 0 Å². The SMILES string of the molecule is Fc1cc(Cl)ccc1NC1CCc2c(F)cccc21. The predicted octanol–water partition coefficient (Wildman–Crippen LogP) is 4.72. The lowest BCUT2D eigenvalue weighted by Crippen LogP contribution is -2.08. The van der Waals surface area contributed by atoms with E-state index < -0.39 is 5.82 Å². The molecule has 0 bridgehead atoms. The molecule has 1 N–H and O–H groups in total. The smallest absolute Gasteiger partial charge is 0.147 e. The van der Waals surface area contributed by atoms with E-state index in [1.165, 1.54) is 12.1 Å². The summed E-state index contributed by atoms with van der Waals surface area (Å²) in [7, 11) is 0. The third-order valence-electron chi connectivity index (χ3n) is 3.47. The van der Waals surface area contributed by atoms with Crippen LogP contribution in [0.15, 0.2) is 36.4 Å². The minimum absolute atomic E-state index is 0.0543. The van der Waals surface area contributed by atoms with Crippen molar-refractivity contribution in [3.63, 3.8) is 0 Å². The van der Waals surface area contributed by atoms with Crippen molar-refractivity contribution in [3.05, 3.63) is 64.2 Å². The highest BCUT2D eigenvalue weighted by Crippen LogP contribution is 2.35. The molecule has 0 saturated heterocycles. The summed E-state index contributed by atoms with van der Waals surface area (Å²) in [5, 5.41) is 3.48. The van der Waals surface area contributed by atoms with Crippen molar-refractivity contribution in [3.8, 4) is 0 Å². The molecule has 0 saturated carbocycles. The first-order valence-electron chi connectivity index (χ1n) is 6.14. The molecule has 0 amide bonds. The van der Waals surface area contributed by atoms with E-state index in [-0.39, 0.29) is 11.9 Å². The first-order valence-corrected chi connectivity index (χ1v) is 6.52. The summed E-state index contributed by atoms with van der Waals surface area (Å²) in [6.45, 7) is 0. The fourth-order valence-electron chi connectivity index (χ4n) is 2.55. The van der Waals surface area contributed by atoms with Crippen LogP contribution >= 0.6 is 11.6 Å². The Hall–Kier alpha value is -1.61. The number of anilines is 1. The Morgan fingerprint density at radius 3 is 2.74 bits per heavy atom. The van der Waals surface area contributed by atoms with Gasteiger partial charge in [0.15, 0.2) is 0 Å². The molecular weight excluding hydrogens is 268 g/mol. The van der Waals surface area contributed by atoms with Gasteiger partial charge >= 0.3 is 0 Å². The van der Waals surface area contributed by atoms with Crippen LogP contribution in [0.25, 0.3) is 0 Å². The van der Waals surface area contributed by atoms with Gasteiger partial charge in [-0.25, -0.2) is 8.78 Å². The molecule has 98 valence electrons. The molecule has 2 aromatic carbocycles. The van der Waals surface area contributed by atoms with Crippen molar-refractivity contribution in [2.24, 2.45) is 0 Å². The van der Waals surface area contributed by atoms with Gasteiger partial charge in [-0.1, -0.05) is 23.7 Å². The van der Waals surface area contributed by atoms with Gasteiger partial charge in [-0.05, 0) is 48.2 Å². The van der Waals surface area contributed by atoms with Crippen LogP contribution in [0.5, 0.6) is 0 Å². The molecule has 0 spiro atoms. The third kappa shape index (κ3) is 2.30. The second-order valence-electron chi connectivity index (χ2n) is 4.67. The summed E-state index contributed by atoms with van der Waals surface area (Å²) >= 11 is 5.72. The van der Waals surface area contributed by atoms with E-state index in [0.29, 0.717) is 17.1 Å². The average Bonchev–Trinajstić information content (AvgIpc) is 2.78. The molecule has 0 radical (unpaired) electrons. The Bertz CT molecular complexity index is 628. The monoisotopic (exact) mass is 279 g/mol. The molecule has 0 aliphatic heterocycles. The zero-order chi connectivity index (χ0) is 13.4. The number of halogens is 3. The molecule has 1 unspecified atom stereocenters. The maximum absolute atomic E-state index is 13.7. The van der Waals surface area contributed by atoms with Gasteiger partial charge in [0.25, 0.3) is 0 Å². The lowest BCUT2D eigenvalue weighted by molar-refractivity contribution is 0.612. The molecule has 1 aliphatic rings. The van der Waals surface area contributed by atoms with Crippen LogP contribution in [0, 0.1) is 11.6 Å². The summed E-state index contributed by atoms with van der Waals surface area (Å²) < 4.78 is 27.4. The standard InChI is InChI=1S/C15H12ClF2N/c16-9-4-6-15(13(18)8-9)19-14-7-5-10-11(14)2-1-3-12(10)17/h1-4,6,8,14,19H,5,7H2. The van der Waals surface area contributed by atoms with Crippen LogP contribution in [0.1, 0.15) is 23.6 Å². The molecule has 0 fully saturated rings. The quantitative estimate of drug-likeness (QED) is 0.839. The Kier molecular flexibility index (Phi) is 3.15. The Morgan fingerprint density at radius 2 is 1.95 bits per heavy atom. The summed E-state index contributed by atoms with van der Waals surface area (Å²) in [5.41, 5.74) is 2.04. The highest BCUT2D eigenvalue weighted by Gasteiger charge is 2.25. The van der Waals surface area contributed by atoms with Gasteiger partial charge in [0, 0.05) is 5.02 Å². The van der Waals surface area contributed by atoms with Gasteiger partial charge in [-0.3, -0.25) is 0 Å². The van der Waals surface area contributed by atoms with E-state index in [2.05, 4.69) is 5.32 Å². The third-order valence-corrected chi connectivity index (χ3v) is 3.71. The molecular formula is C15H12ClF2N. The van der Waals surface area contributed by atoms with Gasteiger partial charge in [-0.15, -0.1) is 0 Å². The van der Waals surface area contributed by atoms with E-state index in [1.54, 1.807) is 18.2 Å². The lowest BCUT2D eigenvalue weighted by atomic mass is 10.1. The number of fused-ring (bicyclic) bond motifs is 1. The van der Waals surface area contributed by atoms with Crippen LogP contribution in [-0.2, 0) is 6.42 Å². The van der Waals surface area contributed by atoms with E-state index in [0.717, 1.165) is 17.5 Å². The van der Waals surface area contributed by atoms with Crippen molar-refractivity contribution >= 4 is 17.3 Å². The summed E-state index contributed by atoms with van der Waals surface area (Å²) in [6.07, 6.45) is 1.44. The lowest BCUT2D eigenvalue weighted by Gasteiger charge is -2.16.